The summed E-state index contributed by atoms with van der Waals surface area (Å²) < 4.78 is 14.1. The van der Waals surface area contributed by atoms with E-state index in [2.05, 4.69) is 20.3 Å². The van der Waals surface area contributed by atoms with Gasteiger partial charge in [-0.3, -0.25) is 4.79 Å². The highest BCUT2D eigenvalue weighted by molar-refractivity contribution is 5.91. The summed E-state index contributed by atoms with van der Waals surface area (Å²) in [6, 6.07) is 3.29. The Morgan fingerprint density at radius 2 is 2.11 bits per heavy atom. The molecule has 27 heavy (non-hydrogen) atoms. The lowest BCUT2D eigenvalue weighted by Crippen LogP contribution is -2.38. The zero-order chi connectivity index (χ0) is 18.8. The number of hydrogen-bond acceptors (Lipinski definition) is 7. The first-order chi connectivity index (χ1) is 13.2. The van der Waals surface area contributed by atoms with Gasteiger partial charge in [0, 0.05) is 32.1 Å². The zero-order valence-electron chi connectivity index (χ0n) is 15.3. The summed E-state index contributed by atoms with van der Waals surface area (Å²) in [4.78, 5) is 18.3. The van der Waals surface area contributed by atoms with Crippen molar-refractivity contribution in [3.05, 3.63) is 42.2 Å². The number of furan rings is 1. The molecule has 4 rings (SSSR count). The molecule has 1 aliphatic rings. The predicted molar refractivity (Wildman–Crippen MR) is 93.3 cm³/mol. The summed E-state index contributed by atoms with van der Waals surface area (Å²) in [5.74, 6) is 2.57. The lowest BCUT2D eigenvalue weighted by molar-refractivity contribution is 0.0672. The second kappa shape index (κ2) is 7.22. The van der Waals surface area contributed by atoms with Gasteiger partial charge in [0.15, 0.2) is 11.6 Å². The van der Waals surface area contributed by atoms with Gasteiger partial charge in [0.25, 0.3) is 11.9 Å². The number of rotatable bonds is 5. The van der Waals surface area contributed by atoms with E-state index in [1.807, 2.05) is 16.5 Å². The van der Waals surface area contributed by atoms with Crippen molar-refractivity contribution in [3.63, 3.8) is 0 Å². The summed E-state index contributed by atoms with van der Waals surface area (Å²) >= 11 is 0. The number of methoxy groups -OCH3 is 1. The molecule has 0 aliphatic carbocycles. The van der Waals surface area contributed by atoms with Gasteiger partial charge in [0.2, 0.25) is 0 Å². The van der Waals surface area contributed by atoms with E-state index in [1.165, 1.54) is 13.4 Å². The van der Waals surface area contributed by atoms with Gasteiger partial charge < -0.3 is 18.6 Å². The predicted octanol–water partition coefficient (Wildman–Crippen LogP) is 1.08. The molecule has 1 fully saturated rings. The van der Waals surface area contributed by atoms with Crippen molar-refractivity contribution in [2.75, 3.05) is 20.2 Å². The van der Waals surface area contributed by atoms with Crippen LogP contribution in [0.3, 0.4) is 0 Å². The van der Waals surface area contributed by atoms with Crippen molar-refractivity contribution in [2.24, 2.45) is 7.05 Å². The minimum Gasteiger partial charge on any atom is -0.468 e. The van der Waals surface area contributed by atoms with E-state index in [4.69, 9.17) is 9.15 Å². The third kappa shape index (κ3) is 3.42. The molecule has 142 valence electrons. The van der Waals surface area contributed by atoms with Crippen LogP contribution in [0.1, 0.15) is 41.0 Å². The lowest BCUT2D eigenvalue weighted by Gasteiger charge is -2.30. The molecule has 10 nitrogen and oxygen atoms in total. The first kappa shape index (κ1) is 17.3. The van der Waals surface area contributed by atoms with Crippen LogP contribution in [0.4, 0.5) is 0 Å². The zero-order valence-corrected chi connectivity index (χ0v) is 15.3. The Labute approximate surface area is 155 Å². The van der Waals surface area contributed by atoms with Crippen molar-refractivity contribution >= 4 is 5.91 Å². The molecule has 0 unspecified atom stereocenters. The molecule has 3 aromatic rings. The molecule has 1 amide bonds. The molecule has 1 saturated heterocycles. The number of hydrogen-bond donors (Lipinski definition) is 0. The molecule has 0 atom stereocenters. The van der Waals surface area contributed by atoms with Crippen molar-refractivity contribution < 1.29 is 13.9 Å². The maximum Gasteiger partial charge on any atom is 0.289 e. The average molecular weight is 371 g/mol. The molecule has 10 heteroatoms. The van der Waals surface area contributed by atoms with Crippen molar-refractivity contribution in [3.8, 4) is 5.95 Å². The Bertz CT molecular complexity index is 907. The van der Waals surface area contributed by atoms with Crippen LogP contribution in [-0.2, 0) is 13.6 Å². The fraction of sp³-hybridized carbons (Fsp3) is 0.471. The number of aromatic nitrogens is 6. The number of carbonyl (C=O) groups is 1. The van der Waals surface area contributed by atoms with Gasteiger partial charge in [-0.05, 0) is 18.9 Å². The van der Waals surface area contributed by atoms with Gasteiger partial charge in [-0.25, -0.2) is 9.67 Å². The molecule has 0 radical (unpaired) electrons. The SMILES string of the molecule is COc1ccc(C(=O)N2CCC(c3nnc(Cn4cncn4)n3C)CC2)o1. The van der Waals surface area contributed by atoms with Crippen LogP contribution in [0.15, 0.2) is 29.2 Å². The summed E-state index contributed by atoms with van der Waals surface area (Å²) in [5, 5.41) is 12.8. The van der Waals surface area contributed by atoms with Crippen LogP contribution < -0.4 is 4.74 Å². The fourth-order valence-electron chi connectivity index (χ4n) is 3.37. The number of likely N-dealkylation sites (tertiary alicyclic amines) is 1. The number of amides is 1. The van der Waals surface area contributed by atoms with Gasteiger partial charge in [-0.2, -0.15) is 5.10 Å². The van der Waals surface area contributed by atoms with Crippen LogP contribution in [0, 0.1) is 0 Å². The Kier molecular flexibility index (Phi) is 4.61. The molecular weight excluding hydrogens is 350 g/mol. The maximum atomic E-state index is 12.5. The van der Waals surface area contributed by atoms with Crippen LogP contribution in [-0.4, -0.2) is 60.5 Å². The molecule has 0 aromatic carbocycles. The molecule has 3 aromatic heterocycles. The summed E-state index contributed by atoms with van der Waals surface area (Å²) in [5.41, 5.74) is 0. The molecule has 0 bridgehead atoms. The van der Waals surface area contributed by atoms with E-state index in [-0.39, 0.29) is 11.8 Å². The van der Waals surface area contributed by atoms with Crippen LogP contribution in [0.5, 0.6) is 5.95 Å². The summed E-state index contributed by atoms with van der Waals surface area (Å²) in [7, 11) is 3.48. The number of ether oxygens (including phenoxy) is 1. The molecular formula is C17H21N7O3. The Morgan fingerprint density at radius 3 is 2.78 bits per heavy atom. The highest BCUT2D eigenvalue weighted by Crippen LogP contribution is 2.28. The van der Waals surface area contributed by atoms with Crippen LogP contribution in [0.2, 0.25) is 0 Å². The van der Waals surface area contributed by atoms with E-state index >= 15 is 0 Å². The van der Waals surface area contributed by atoms with E-state index < -0.39 is 0 Å². The standard InChI is InChI=1S/C17H21N7O3/c1-22-14(9-24-11-18-10-19-24)20-21-16(22)12-5-7-23(8-6-12)17(25)13-3-4-15(26-2)27-13/h3-4,10-12H,5-9H2,1-2H3. The first-order valence-corrected chi connectivity index (χ1v) is 8.79. The highest BCUT2D eigenvalue weighted by Gasteiger charge is 2.29. The summed E-state index contributed by atoms with van der Waals surface area (Å²) in [6.45, 7) is 1.83. The quantitative estimate of drug-likeness (QED) is 0.661. The number of nitrogens with zero attached hydrogens (tertiary/aromatic N) is 7. The van der Waals surface area contributed by atoms with Gasteiger partial charge in [0.05, 0.1) is 7.11 Å². The number of carbonyl (C=O) groups excluding carboxylic acids is 1. The lowest BCUT2D eigenvalue weighted by atomic mass is 9.95. The molecule has 0 saturated carbocycles. The molecule has 0 spiro atoms. The van der Waals surface area contributed by atoms with Crippen molar-refractivity contribution in [2.45, 2.75) is 25.3 Å². The third-order valence-corrected chi connectivity index (χ3v) is 4.91. The van der Waals surface area contributed by atoms with Crippen LogP contribution >= 0.6 is 0 Å². The molecule has 0 N–H and O–H groups in total. The van der Waals surface area contributed by atoms with E-state index in [0.717, 1.165) is 24.5 Å². The third-order valence-electron chi connectivity index (χ3n) is 4.91. The van der Waals surface area contributed by atoms with Gasteiger partial charge >= 0.3 is 0 Å². The van der Waals surface area contributed by atoms with Gasteiger partial charge in [-0.15, -0.1) is 10.2 Å². The molecule has 4 heterocycles. The van der Waals surface area contributed by atoms with E-state index in [0.29, 0.717) is 31.3 Å². The van der Waals surface area contributed by atoms with Gasteiger partial charge in [0.1, 0.15) is 25.0 Å². The second-order valence-electron chi connectivity index (χ2n) is 6.52. The smallest absolute Gasteiger partial charge is 0.289 e. The van der Waals surface area contributed by atoms with Crippen LogP contribution in [0.25, 0.3) is 0 Å². The normalized spacial score (nSPS) is 15.3. The molecule has 1 aliphatic heterocycles. The Hall–Kier alpha value is -3.17. The number of piperidine rings is 1. The monoisotopic (exact) mass is 371 g/mol. The second-order valence-corrected chi connectivity index (χ2v) is 6.52. The average Bonchev–Trinajstić information content (AvgIpc) is 3.44. The minimum atomic E-state index is -0.110. The maximum absolute atomic E-state index is 12.5. The van der Waals surface area contributed by atoms with E-state index in [1.54, 1.807) is 23.1 Å². The largest absolute Gasteiger partial charge is 0.468 e. The highest BCUT2D eigenvalue weighted by atomic mass is 16.6. The topological polar surface area (TPSA) is 104 Å². The van der Waals surface area contributed by atoms with E-state index in [9.17, 15) is 4.79 Å². The Balaban J connectivity index is 1.39. The minimum absolute atomic E-state index is 0.110. The first-order valence-electron chi connectivity index (χ1n) is 8.79. The fourth-order valence-corrected chi connectivity index (χ4v) is 3.37. The van der Waals surface area contributed by atoms with Crippen molar-refractivity contribution in [1.29, 1.82) is 0 Å². The summed E-state index contributed by atoms with van der Waals surface area (Å²) in [6.07, 6.45) is 4.82. The Morgan fingerprint density at radius 1 is 1.30 bits per heavy atom. The van der Waals surface area contributed by atoms with Gasteiger partial charge in [-0.1, -0.05) is 0 Å². The van der Waals surface area contributed by atoms with Crippen molar-refractivity contribution in [1.82, 2.24) is 34.4 Å².